The van der Waals surface area contributed by atoms with Crippen LogP contribution < -0.4 is 4.74 Å². The van der Waals surface area contributed by atoms with E-state index in [0.717, 1.165) is 23.4 Å². The molecular formula is C23H22F3N3O3. The lowest BCUT2D eigenvalue weighted by Gasteiger charge is -2.16. The first-order valence-electron chi connectivity index (χ1n) is 10.2. The summed E-state index contributed by atoms with van der Waals surface area (Å²) in [5.74, 6) is 0.987. The lowest BCUT2D eigenvalue weighted by atomic mass is 10.1. The maximum absolute atomic E-state index is 12.7. The zero-order valence-electron chi connectivity index (χ0n) is 17.6. The van der Waals surface area contributed by atoms with Gasteiger partial charge in [0.2, 0.25) is 17.6 Å². The molecule has 2 heterocycles. The lowest BCUT2D eigenvalue weighted by Crippen LogP contribution is -2.24. The molecule has 1 unspecified atom stereocenters. The van der Waals surface area contributed by atoms with Gasteiger partial charge in [0.15, 0.2) is 0 Å². The Bertz CT molecular complexity index is 1080. The van der Waals surface area contributed by atoms with E-state index in [2.05, 4.69) is 10.1 Å². The molecule has 0 radical (unpaired) electrons. The molecule has 0 spiro atoms. The lowest BCUT2D eigenvalue weighted by molar-refractivity contribution is -0.137. The summed E-state index contributed by atoms with van der Waals surface area (Å²) in [5, 5.41) is 3.88. The van der Waals surface area contributed by atoms with Gasteiger partial charge in [-0.3, -0.25) is 4.79 Å². The van der Waals surface area contributed by atoms with Crippen molar-refractivity contribution in [1.82, 2.24) is 15.0 Å². The van der Waals surface area contributed by atoms with Crippen molar-refractivity contribution < 1.29 is 27.2 Å². The fourth-order valence-electron chi connectivity index (χ4n) is 3.58. The van der Waals surface area contributed by atoms with E-state index >= 15 is 0 Å². The molecule has 0 aliphatic carbocycles. The summed E-state index contributed by atoms with van der Waals surface area (Å²) in [6.07, 6.45) is -4.08. The normalized spacial score (nSPS) is 16.8. The van der Waals surface area contributed by atoms with E-state index in [-0.39, 0.29) is 30.2 Å². The summed E-state index contributed by atoms with van der Waals surface area (Å²) >= 11 is 0. The van der Waals surface area contributed by atoms with E-state index in [1.807, 2.05) is 38.1 Å². The number of halogens is 3. The Labute approximate surface area is 183 Å². The van der Waals surface area contributed by atoms with E-state index in [0.29, 0.717) is 24.5 Å². The van der Waals surface area contributed by atoms with Gasteiger partial charge in [-0.2, -0.15) is 18.2 Å². The average Bonchev–Trinajstić information content (AvgIpc) is 3.36. The van der Waals surface area contributed by atoms with Crippen molar-refractivity contribution in [3.8, 4) is 17.1 Å². The van der Waals surface area contributed by atoms with Crippen LogP contribution in [0, 0.1) is 0 Å². The van der Waals surface area contributed by atoms with Crippen LogP contribution in [-0.4, -0.2) is 33.6 Å². The van der Waals surface area contributed by atoms with Gasteiger partial charge in [-0.1, -0.05) is 29.4 Å². The standard InChI is InChI=1S/C23H22F3N3O3/c1-14(2)31-19-9-3-15(4-10-19)12-29-13-17(11-20(29)30)22-27-21(28-32-22)16-5-7-18(8-6-16)23(24,25)26/h3-10,14,17H,11-13H2,1-2H3. The number of rotatable bonds is 6. The summed E-state index contributed by atoms with van der Waals surface area (Å²) in [5.41, 5.74) is 0.648. The minimum Gasteiger partial charge on any atom is -0.491 e. The molecule has 1 aliphatic heterocycles. The Morgan fingerprint density at radius 1 is 1.12 bits per heavy atom. The number of alkyl halides is 3. The monoisotopic (exact) mass is 445 g/mol. The highest BCUT2D eigenvalue weighted by atomic mass is 19.4. The second-order valence-electron chi connectivity index (χ2n) is 8.02. The van der Waals surface area contributed by atoms with Crippen molar-refractivity contribution in [3.05, 3.63) is 65.5 Å². The summed E-state index contributed by atoms with van der Waals surface area (Å²) < 4.78 is 49.2. The van der Waals surface area contributed by atoms with Crippen molar-refractivity contribution in [2.24, 2.45) is 0 Å². The minimum absolute atomic E-state index is 0.0215. The Kier molecular flexibility index (Phi) is 5.90. The first kappa shape index (κ1) is 21.9. The van der Waals surface area contributed by atoms with Crippen LogP contribution in [0.25, 0.3) is 11.4 Å². The van der Waals surface area contributed by atoms with Crippen LogP contribution in [0.1, 0.15) is 43.2 Å². The van der Waals surface area contributed by atoms with Crippen LogP contribution in [0.2, 0.25) is 0 Å². The quantitative estimate of drug-likeness (QED) is 0.531. The number of carbonyl (C=O) groups is 1. The van der Waals surface area contributed by atoms with Crippen LogP contribution in [0.4, 0.5) is 13.2 Å². The van der Waals surface area contributed by atoms with Gasteiger partial charge in [0.1, 0.15) is 5.75 Å². The number of hydrogen-bond acceptors (Lipinski definition) is 5. The first-order chi connectivity index (χ1) is 15.2. The third-order valence-corrected chi connectivity index (χ3v) is 5.14. The summed E-state index contributed by atoms with van der Waals surface area (Å²) in [7, 11) is 0. The number of hydrogen-bond donors (Lipinski definition) is 0. The molecule has 1 aliphatic rings. The Hall–Kier alpha value is -3.36. The largest absolute Gasteiger partial charge is 0.491 e. The molecule has 0 saturated carbocycles. The Morgan fingerprint density at radius 3 is 2.44 bits per heavy atom. The number of benzene rings is 2. The predicted octanol–water partition coefficient (Wildman–Crippen LogP) is 5.06. The molecule has 1 amide bonds. The fourth-order valence-corrected chi connectivity index (χ4v) is 3.58. The summed E-state index contributed by atoms with van der Waals surface area (Å²) in [6.45, 7) is 4.80. The van der Waals surface area contributed by atoms with E-state index in [4.69, 9.17) is 9.26 Å². The zero-order chi connectivity index (χ0) is 22.9. The highest BCUT2D eigenvalue weighted by Crippen LogP contribution is 2.32. The predicted molar refractivity (Wildman–Crippen MR) is 110 cm³/mol. The van der Waals surface area contributed by atoms with E-state index in [1.165, 1.54) is 12.1 Å². The van der Waals surface area contributed by atoms with Crippen molar-refractivity contribution in [1.29, 1.82) is 0 Å². The topological polar surface area (TPSA) is 68.5 Å². The van der Waals surface area contributed by atoms with Crippen molar-refractivity contribution in [3.63, 3.8) is 0 Å². The second kappa shape index (κ2) is 8.64. The van der Waals surface area contributed by atoms with Crippen molar-refractivity contribution >= 4 is 5.91 Å². The van der Waals surface area contributed by atoms with Gasteiger partial charge in [-0.25, -0.2) is 0 Å². The highest BCUT2D eigenvalue weighted by Gasteiger charge is 2.34. The van der Waals surface area contributed by atoms with Gasteiger partial charge in [0, 0.05) is 25.1 Å². The van der Waals surface area contributed by atoms with Gasteiger partial charge in [0.25, 0.3) is 0 Å². The maximum Gasteiger partial charge on any atom is 0.416 e. The molecule has 2 aromatic carbocycles. The van der Waals surface area contributed by atoms with Gasteiger partial charge in [-0.15, -0.1) is 0 Å². The fraction of sp³-hybridized carbons (Fsp3) is 0.348. The number of likely N-dealkylation sites (tertiary alicyclic amines) is 1. The molecule has 4 rings (SSSR count). The molecule has 6 nitrogen and oxygen atoms in total. The Balaban J connectivity index is 1.41. The smallest absolute Gasteiger partial charge is 0.416 e. The molecule has 0 bridgehead atoms. The number of ether oxygens (including phenoxy) is 1. The second-order valence-corrected chi connectivity index (χ2v) is 8.02. The van der Waals surface area contributed by atoms with Gasteiger partial charge in [0.05, 0.1) is 17.6 Å². The van der Waals surface area contributed by atoms with Crippen LogP contribution in [0.5, 0.6) is 5.75 Å². The highest BCUT2D eigenvalue weighted by molar-refractivity contribution is 5.79. The van der Waals surface area contributed by atoms with Crippen LogP contribution in [0.15, 0.2) is 53.1 Å². The molecule has 1 saturated heterocycles. The molecular weight excluding hydrogens is 423 g/mol. The number of carbonyl (C=O) groups excluding carboxylic acids is 1. The zero-order valence-corrected chi connectivity index (χ0v) is 17.6. The van der Waals surface area contributed by atoms with E-state index < -0.39 is 11.7 Å². The van der Waals surface area contributed by atoms with Crippen LogP contribution in [-0.2, 0) is 17.5 Å². The third kappa shape index (κ3) is 4.92. The number of amides is 1. The Morgan fingerprint density at radius 2 is 1.81 bits per heavy atom. The molecule has 3 aromatic rings. The van der Waals surface area contributed by atoms with Crippen LogP contribution >= 0.6 is 0 Å². The molecule has 1 fully saturated rings. The molecule has 9 heteroatoms. The molecule has 168 valence electrons. The van der Waals surface area contributed by atoms with Gasteiger partial charge < -0.3 is 14.2 Å². The molecule has 0 N–H and O–H groups in total. The average molecular weight is 445 g/mol. The molecule has 1 atom stereocenters. The van der Waals surface area contributed by atoms with Gasteiger partial charge in [-0.05, 0) is 43.7 Å². The molecule has 32 heavy (non-hydrogen) atoms. The maximum atomic E-state index is 12.7. The van der Waals surface area contributed by atoms with Crippen molar-refractivity contribution in [2.75, 3.05) is 6.54 Å². The van der Waals surface area contributed by atoms with Crippen LogP contribution in [0.3, 0.4) is 0 Å². The van der Waals surface area contributed by atoms with Crippen molar-refractivity contribution in [2.45, 2.75) is 45.0 Å². The first-order valence-corrected chi connectivity index (χ1v) is 10.2. The van der Waals surface area contributed by atoms with E-state index in [9.17, 15) is 18.0 Å². The van der Waals surface area contributed by atoms with Gasteiger partial charge >= 0.3 is 6.18 Å². The third-order valence-electron chi connectivity index (χ3n) is 5.14. The summed E-state index contributed by atoms with van der Waals surface area (Å²) in [4.78, 5) is 18.5. The number of nitrogens with zero attached hydrogens (tertiary/aromatic N) is 3. The summed E-state index contributed by atoms with van der Waals surface area (Å²) in [6, 6.07) is 12.2. The molecule has 1 aromatic heterocycles. The van der Waals surface area contributed by atoms with E-state index in [1.54, 1.807) is 4.90 Å². The minimum atomic E-state index is -4.41. The number of aromatic nitrogens is 2. The SMILES string of the molecule is CC(C)Oc1ccc(CN2CC(c3nc(-c4ccc(C(F)(F)F)cc4)no3)CC2=O)cc1.